The van der Waals surface area contributed by atoms with Crippen LogP contribution in [0.3, 0.4) is 0 Å². The van der Waals surface area contributed by atoms with Crippen LogP contribution >= 0.6 is 0 Å². The molecule has 3 rings (SSSR count). The van der Waals surface area contributed by atoms with Gasteiger partial charge < -0.3 is 14.5 Å². The minimum absolute atomic E-state index is 0.133. The summed E-state index contributed by atoms with van der Waals surface area (Å²) in [5.41, 5.74) is 0. The Kier molecular flexibility index (Phi) is 5.86. The summed E-state index contributed by atoms with van der Waals surface area (Å²) in [6.45, 7) is 6.48. The number of likely N-dealkylation sites (tertiary alicyclic amines) is 1. The van der Waals surface area contributed by atoms with E-state index in [2.05, 4.69) is 27.1 Å². The maximum absolute atomic E-state index is 12.2. The number of carbonyl (C=O) groups is 1. The number of aryl methyl sites for hydroxylation is 1. The van der Waals surface area contributed by atoms with Crippen molar-refractivity contribution in [3.05, 3.63) is 17.8 Å². The average molecular weight is 336 g/mol. The summed E-state index contributed by atoms with van der Waals surface area (Å²) in [5.74, 6) is 1.73. The Labute approximate surface area is 143 Å². The van der Waals surface area contributed by atoms with E-state index < -0.39 is 0 Å². The highest BCUT2D eigenvalue weighted by molar-refractivity contribution is 5.78. The third-order valence-electron chi connectivity index (χ3n) is 4.88. The van der Waals surface area contributed by atoms with Crippen LogP contribution < -0.4 is 5.32 Å². The molecular weight excluding hydrogens is 308 g/mol. The van der Waals surface area contributed by atoms with Gasteiger partial charge in [0.05, 0.1) is 19.3 Å². The van der Waals surface area contributed by atoms with E-state index in [9.17, 15) is 4.79 Å². The molecular formula is C17H28N4O3. The molecule has 1 amide bonds. The first-order valence-corrected chi connectivity index (χ1v) is 8.81. The Balaban J connectivity index is 1.40. The van der Waals surface area contributed by atoms with Gasteiger partial charge >= 0.3 is 0 Å². The summed E-state index contributed by atoms with van der Waals surface area (Å²) in [5, 5.41) is 3.13. The molecule has 1 unspecified atom stereocenters. The van der Waals surface area contributed by atoms with E-state index in [0.717, 1.165) is 57.2 Å². The lowest BCUT2D eigenvalue weighted by Gasteiger charge is -2.25. The molecule has 1 aromatic heterocycles. The molecule has 24 heavy (non-hydrogen) atoms. The summed E-state index contributed by atoms with van der Waals surface area (Å²) < 4.78 is 10.9. The van der Waals surface area contributed by atoms with Gasteiger partial charge in [-0.05, 0) is 33.2 Å². The number of rotatable bonds is 6. The van der Waals surface area contributed by atoms with Crippen molar-refractivity contribution >= 4 is 5.91 Å². The van der Waals surface area contributed by atoms with Gasteiger partial charge in [0.25, 0.3) is 0 Å². The zero-order valence-corrected chi connectivity index (χ0v) is 14.7. The van der Waals surface area contributed by atoms with Crippen molar-refractivity contribution in [2.45, 2.75) is 44.8 Å². The smallest absolute Gasteiger partial charge is 0.234 e. The Morgan fingerprint density at radius 1 is 1.42 bits per heavy atom. The largest absolute Gasteiger partial charge is 0.445 e. The van der Waals surface area contributed by atoms with Crippen LogP contribution in [-0.2, 0) is 16.1 Å². The maximum Gasteiger partial charge on any atom is 0.234 e. The van der Waals surface area contributed by atoms with Crippen molar-refractivity contribution in [2.24, 2.45) is 0 Å². The zero-order chi connectivity index (χ0) is 16.9. The molecule has 1 N–H and O–H groups in total. The molecule has 0 radical (unpaired) electrons. The van der Waals surface area contributed by atoms with E-state index in [4.69, 9.17) is 9.15 Å². The molecule has 1 atom stereocenters. The highest BCUT2D eigenvalue weighted by Gasteiger charge is 2.28. The van der Waals surface area contributed by atoms with Crippen molar-refractivity contribution in [3.63, 3.8) is 0 Å². The van der Waals surface area contributed by atoms with E-state index in [1.54, 1.807) is 6.20 Å². The molecule has 0 saturated carbocycles. The first-order valence-electron chi connectivity index (χ1n) is 8.81. The number of nitrogens with one attached hydrogen (secondary N) is 1. The fourth-order valence-electron chi connectivity index (χ4n) is 3.45. The number of aromatic nitrogens is 1. The Morgan fingerprint density at radius 2 is 2.21 bits per heavy atom. The van der Waals surface area contributed by atoms with Gasteiger partial charge in [-0.3, -0.25) is 14.6 Å². The second-order valence-electron chi connectivity index (χ2n) is 6.91. The summed E-state index contributed by atoms with van der Waals surface area (Å²) in [7, 11) is 2.09. The SMILES string of the molecule is Cc1cnc(CN(C)C2CCN(CC(=O)NC3CCOCC3)C2)o1. The number of ether oxygens (including phenoxy) is 1. The van der Waals surface area contributed by atoms with E-state index in [1.807, 2.05) is 6.92 Å². The molecule has 7 nitrogen and oxygen atoms in total. The van der Waals surface area contributed by atoms with Gasteiger partial charge in [-0.25, -0.2) is 4.98 Å². The van der Waals surface area contributed by atoms with E-state index in [-0.39, 0.29) is 11.9 Å². The van der Waals surface area contributed by atoms with Crippen molar-refractivity contribution < 1.29 is 13.9 Å². The lowest BCUT2D eigenvalue weighted by atomic mass is 10.1. The van der Waals surface area contributed by atoms with E-state index in [1.165, 1.54) is 0 Å². The van der Waals surface area contributed by atoms with Crippen LogP contribution in [0.4, 0.5) is 0 Å². The lowest BCUT2D eigenvalue weighted by molar-refractivity contribution is -0.123. The molecule has 2 aliphatic heterocycles. The highest BCUT2D eigenvalue weighted by atomic mass is 16.5. The van der Waals surface area contributed by atoms with Gasteiger partial charge in [-0.2, -0.15) is 0 Å². The fourth-order valence-corrected chi connectivity index (χ4v) is 3.45. The summed E-state index contributed by atoms with van der Waals surface area (Å²) in [6.07, 6.45) is 4.67. The van der Waals surface area contributed by atoms with Gasteiger partial charge in [-0.15, -0.1) is 0 Å². The second-order valence-corrected chi connectivity index (χ2v) is 6.91. The molecule has 0 aromatic carbocycles. The summed E-state index contributed by atoms with van der Waals surface area (Å²) >= 11 is 0. The molecule has 2 fully saturated rings. The van der Waals surface area contributed by atoms with Gasteiger partial charge in [0.15, 0.2) is 0 Å². The van der Waals surface area contributed by atoms with Crippen molar-refractivity contribution in [1.29, 1.82) is 0 Å². The zero-order valence-electron chi connectivity index (χ0n) is 14.7. The van der Waals surface area contributed by atoms with Crippen molar-refractivity contribution in [1.82, 2.24) is 20.1 Å². The lowest BCUT2D eigenvalue weighted by Crippen LogP contribution is -2.44. The molecule has 2 aliphatic rings. The Morgan fingerprint density at radius 3 is 2.92 bits per heavy atom. The Bertz CT molecular complexity index is 542. The van der Waals surface area contributed by atoms with Crippen LogP contribution in [0.5, 0.6) is 0 Å². The number of oxazole rings is 1. The number of carbonyl (C=O) groups excluding carboxylic acids is 1. The number of nitrogens with zero attached hydrogens (tertiary/aromatic N) is 3. The predicted molar refractivity (Wildman–Crippen MR) is 89.5 cm³/mol. The van der Waals surface area contributed by atoms with Crippen LogP contribution in [0.25, 0.3) is 0 Å². The van der Waals surface area contributed by atoms with Crippen LogP contribution in [0.15, 0.2) is 10.6 Å². The first-order chi connectivity index (χ1) is 11.6. The van der Waals surface area contributed by atoms with Gasteiger partial charge in [-0.1, -0.05) is 0 Å². The molecule has 7 heteroatoms. The minimum Gasteiger partial charge on any atom is -0.445 e. The third kappa shape index (κ3) is 4.78. The van der Waals surface area contributed by atoms with Gasteiger partial charge in [0.1, 0.15) is 5.76 Å². The molecule has 0 bridgehead atoms. The molecule has 3 heterocycles. The van der Waals surface area contributed by atoms with Crippen LogP contribution in [0, 0.1) is 6.92 Å². The van der Waals surface area contributed by atoms with Crippen LogP contribution in [0.1, 0.15) is 30.9 Å². The van der Waals surface area contributed by atoms with E-state index >= 15 is 0 Å². The molecule has 1 aromatic rings. The van der Waals surface area contributed by atoms with Gasteiger partial charge in [0, 0.05) is 38.4 Å². The summed E-state index contributed by atoms with van der Waals surface area (Å²) in [4.78, 5) is 21.0. The molecule has 0 aliphatic carbocycles. The van der Waals surface area contributed by atoms with E-state index in [0.29, 0.717) is 19.1 Å². The summed E-state index contributed by atoms with van der Waals surface area (Å²) in [6, 6.07) is 0.716. The maximum atomic E-state index is 12.2. The van der Waals surface area contributed by atoms with Crippen LogP contribution in [-0.4, -0.2) is 72.7 Å². The van der Waals surface area contributed by atoms with Crippen LogP contribution in [0.2, 0.25) is 0 Å². The Hall–Kier alpha value is -1.44. The number of hydrogen-bond donors (Lipinski definition) is 1. The number of hydrogen-bond acceptors (Lipinski definition) is 6. The minimum atomic E-state index is 0.133. The molecule has 2 saturated heterocycles. The predicted octanol–water partition coefficient (Wildman–Crippen LogP) is 0.784. The second kappa shape index (κ2) is 8.09. The molecule has 134 valence electrons. The van der Waals surface area contributed by atoms with Crippen molar-refractivity contribution in [2.75, 3.05) is 39.9 Å². The average Bonchev–Trinajstić information content (AvgIpc) is 3.17. The first kappa shape index (κ1) is 17.4. The monoisotopic (exact) mass is 336 g/mol. The number of likely N-dealkylation sites (N-methyl/N-ethyl adjacent to an activating group) is 1. The normalized spacial score (nSPS) is 23.0. The topological polar surface area (TPSA) is 70.8 Å². The molecule has 0 spiro atoms. The third-order valence-corrected chi connectivity index (χ3v) is 4.88. The highest BCUT2D eigenvalue weighted by Crippen LogP contribution is 2.16. The van der Waals surface area contributed by atoms with Gasteiger partial charge in [0.2, 0.25) is 11.8 Å². The quantitative estimate of drug-likeness (QED) is 0.828. The fraction of sp³-hybridized carbons (Fsp3) is 0.765. The van der Waals surface area contributed by atoms with Crippen molar-refractivity contribution in [3.8, 4) is 0 Å². The standard InChI is InChI=1S/C17H28N4O3/c1-13-9-18-17(24-13)12-20(2)15-3-6-21(10-15)11-16(22)19-14-4-7-23-8-5-14/h9,14-15H,3-8,10-12H2,1-2H3,(H,19,22). The number of amides is 1.